The molecule has 1 unspecified atom stereocenters. The maximum Gasteiger partial charge on any atom is 0.236 e. The largest absolute Gasteiger partial charge is 0.354 e. The van der Waals surface area contributed by atoms with E-state index in [-0.39, 0.29) is 17.4 Å². The molecule has 0 heterocycles. The lowest BCUT2D eigenvalue weighted by Gasteiger charge is -2.18. The van der Waals surface area contributed by atoms with E-state index >= 15 is 0 Å². The molecule has 0 bridgehead atoms. The average Bonchev–Trinajstić information content (AvgIpc) is 3.24. The van der Waals surface area contributed by atoms with E-state index in [1.807, 2.05) is 12.3 Å². The first-order chi connectivity index (χ1) is 9.18. The van der Waals surface area contributed by atoms with Gasteiger partial charge in [-0.15, -0.1) is 0 Å². The van der Waals surface area contributed by atoms with E-state index in [4.69, 9.17) is 5.73 Å². The van der Waals surface area contributed by atoms with Crippen LogP contribution in [0.4, 0.5) is 0 Å². The van der Waals surface area contributed by atoms with Gasteiger partial charge in [0.25, 0.3) is 0 Å². The molecule has 0 aromatic heterocycles. The number of carbonyl (C=O) groups excluding carboxylic acids is 1. The molecule has 1 aliphatic rings. The molecule has 1 atom stereocenters. The Morgan fingerprint density at radius 2 is 2.11 bits per heavy atom. The van der Waals surface area contributed by atoms with Gasteiger partial charge in [-0.2, -0.15) is 11.8 Å². The summed E-state index contributed by atoms with van der Waals surface area (Å²) in [6.07, 6.45) is 5.07. The third-order valence-corrected chi connectivity index (χ3v) is 4.45. The van der Waals surface area contributed by atoms with E-state index in [0.29, 0.717) is 6.54 Å². The molecule has 1 amide bonds. The Bertz CT molecular complexity index is 417. The standard InChI is InChI=1S/C15H22N2OS/c1-19-10-7-13(16)14(18)17-11-15(8-9-15)12-5-3-2-4-6-12/h2-6,13H,7-11,16H2,1H3,(H,17,18). The number of nitrogens with two attached hydrogens (primary N) is 1. The summed E-state index contributed by atoms with van der Waals surface area (Å²) in [7, 11) is 0. The number of hydrogen-bond donors (Lipinski definition) is 2. The number of benzene rings is 1. The van der Waals surface area contributed by atoms with Crippen LogP contribution in [-0.2, 0) is 10.2 Å². The molecule has 3 nitrogen and oxygen atoms in total. The minimum Gasteiger partial charge on any atom is -0.354 e. The number of hydrogen-bond acceptors (Lipinski definition) is 3. The van der Waals surface area contributed by atoms with Gasteiger partial charge in [0.1, 0.15) is 0 Å². The highest BCUT2D eigenvalue weighted by Gasteiger charge is 2.44. The molecule has 1 saturated carbocycles. The molecule has 104 valence electrons. The Labute approximate surface area is 119 Å². The Balaban J connectivity index is 1.84. The van der Waals surface area contributed by atoms with E-state index < -0.39 is 0 Å². The molecule has 3 N–H and O–H groups in total. The van der Waals surface area contributed by atoms with Crippen LogP contribution in [0.2, 0.25) is 0 Å². The van der Waals surface area contributed by atoms with Crippen LogP contribution in [-0.4, -0.2) is 30.5 Å². The second-order valence-electron chi connectivity index (χ2n) is 5.25. The Kier molecular flexibility index (Phi) is 4.88. The van der Waals surface area contributed by atoms with Gasteiger partial charge in [0, 0.05) is 12.0 Å². The first kappa shape index (κ1) is 14.4. The van der Waals surface area contributed by atoms with E-state index in [1.54, 1.807) is 11.8 Å². The van der Waals surface area contributed by atoms with Gasteiger partial charge in [-0.05, 0) is 36.8 Å². The van der Waals surface area contributed by atoms with E-state index in [1.165, 1.54) is 5.56 Å². The number of rotatable bonds is 7. The van der Waals surface area contributed by atoms with Crippen molar-refractivity contribution in [3.05, 3.63) is 35.9 Å². The topological polar surface area (TPSA) is 55.1 Å². The molecule has 0 aliphatic heterocycles. The van der Waals surface area contributed by atoms with Gasteiger partial charge in [0.15, 0.2) is 0 Å². The van der Waals surface area contributed by atoms with Crippen molar-refractivity contribution in [2.75, 3.05) is 18.6 Å². The summed E-state index contributed by atoms with van der Waals surface area (Å²) in [6.45, 7) is 0.711. The van der Waals surface area contributed by atoms with Crippen molar-refractivity contribution in [3.8, 4) is 0 Å². The maximum absolute atomic E-state index is 11.9. The van der Waals surface area contributed by atoms with Crippen LogP contribution in [0, 0.1) is 0 Å². The number of thioether (sulfide) groups is 1. The zero-order chi connectivity index (χ0) is 13.7. The van der Waals surface area contributed by atoms with Gasteiger partial charge in [0.2, 0.25) is 5.91 Å². The third-order valence-electron chi connectivity index (χ3n) is 3.81. The number of nitrogens with one attached hydrogen (secondary N) is 1. The number of amides is 1. The van der Waals surface area contributed by atoms with Crippen LogP contribution in [0.15, 0.2) is 30.3 Å². The fourth-order valence-electron chi connectivity index (χ4n) is 2.27. The fraction of sp³-hybridized carbons (Fsp3) is 0.533. The van der Waals surface area contributed by atoms with Crippen molar-refractivity contribution >= 4 is 17.7 Å². The zero-order valence-corrected chi connectivity index (χ0v) is 12.2. The van der Waals surface area contributed by atoms with Crippen molar-refractivity contribution in [2.45, 2.75) is 30.7 Å². The normalized spacial score (nSPS) is 17.8. The third kappa shape index (κ3) is 3.74. The molecule has 1 aliphatic carbocycles. The Morgan fingerprint density at radius 1 is 1.42 bits per heavy atom. The molecule has 1 fully saturated rings. The summed E-state index contributed by atoms with van der Waals surface area (Å²) >= 11 is 1.72. The minimum absolute atomic E-state index is 0.0174. The van der Waals surface area contributed by atoms with Crippen molar-refractivity contribution in [3.63, 3.8) is 0 Å². The predicted octanol–water partition coefficient (Wildman–Crippen LogP) is 1.91. The van der Waals surface area contributed by atoms with E-state index in [9.17, 15) is 4.79 Å². The fourth-order valence-corrected chi connectivity index (χ4v) is 2.76. The van der Waals surface area contributed by atoms with Crippen molar-refractivity contribution in [1.82, 2.24) is 5.32 Å². The van der Waals surface area contributed by atoms with Crippen molar-refractivity contribution in [1.29, 1.82) is 0 Å². The van der Waals surface area contributed by atoms with Crippen LogP contribution < -0.4 is 11.1 Å². The highest BCUT2D eigenvalue weighted by Crippen LogP contribution is 2.47. The van der Waals surface area contributed by atoms with Crippen LogP contribution in [0.25, 0.3) is 0 Å². The molecular weight excluding hydrogens is 256 g/mol. The van der Waals surface area contributed by atoms with E-state index in [2.05, 4.69) is 29.6 Å². The highest BCUT2D eigenvalue weighted by molar-refractivity contribution is 7.98. The molecular formula is C15H22N2OS. The average molecular weight is 278 g/mol. The van der Waals surface area contributed by atoms with Crippen molar-refractivity contribution in [2.24, 2.45) is 5.73 Å². The van der Waals surface area contributed by atoms with Gasteiger partial charge in [0.05, 0.1) is 6.04 Å². The van der Waals surface area contributed by atoms with Crippen LogP contribution >= 0.6 is 11.8 Å². The lowest BCUT2D eigenvalue weighted by Crippen LogP contribution is -2.43. The molecule has 2 rings (SSSR count). The monoisotopic (exact) mass is 278 g/mol. The Hall–Kier alpha value is -1.00. The summed E-state index contributed by atoms with van der Waals surface area (Å²) in [5.41, 5.74) is 7.36. The smallest absolute Gasteiger partial charge is 0.236 e. The molecule has 0 spiro atoms. The van der Waals surface area contributed by atoms with Crippen LogP contribution in [0.1, 0.15) is 24.8 Å². The van der Waals surface area contributed by atoms with Gasteiger partial charge in [-0.3, -0.25) is 4.79 Å². The number of carbonyl (C=O) groups is 1. The molecule has 0 saturated heterocycles. The van der Waals surface area contributed by atoms with Crippen LogP contribution in [0.3, 0.4) is 0 Å². The molecule has 19 heavy (non-hydrogen) atoms. The van der Waals surface area contributed by atoms with Gasteiger partial charge < -0.3 is 11.1 Å². The lowest BCUT2D eigenvalue weighted by molar-refractivity contribution is -0.122. The lowest BCUT2D eigenvalue weighted by atomic mass is 9.96. The quantitative estimate of drug-likeness (QED) is 0.801. The van der Waals surface area contributed by atoms with Crippen molar-refractivity contribution < 1.29 is 4.79 Å². The summed E-state index contributed by atoms with van der Waals surface area (Å²) in [6, 6.07) is 10.1. The van der Waals surface area contributed by atoms with Crippen LogP contribution in [0.5, 0.6) is 0 Å². The first-order valence-corrected chi connectivity index (χ1v) is 8.15. The molecule has 0 radical (unpaired) electrons. The Morgan fingerprint density at radius 3 is 2.68 bits per heavy atom. The minimum atomic E-state index is -0.376. The van der Waals surface area contributed by atoms with Gasteiger partial charge in [-0.25, -0.2) is 0 Å². The summed E-state index contributed by atoms with van der Waals surface area (Å²) in [4.78, 5) is 11.9. The van der Waals surface area contributed by atoms with Gasteiger partial charge >= 0.3 is 0 Å². The summed E-state index contributed by atoms with van der Waals surface area (Å²) < 4.78 is 0. The molecule has 1 aromatic carbocycles. The second kappa shape index (κ2) is 6.44. The van der Waals surface area contributed by atoms with E-state index in [0.717, 1.165) is 25.0 Å². The second-order valence-corrected chi connectivity index (χ2v) is 6.24. The summed E-state index contributed by atoms with van der Waals surface area (Å²) in [5, 5.41) is 3.02. The van der Waals surface area contributed by atoms with Gasteiger partial charge in [-0.1, -0.05) is 30.3 Å². The molecule has 1 aromatic rings. The zero-order valence-electron chi connectivity index (χ0n) is 11.4. The SMILES string of the molecule is CSCCC(N)C(=O)NCC1(c2ccccc2)CC1. The molecule has 4 heteroatoms. The first-order valence-electron chi connectivity index (χ1n) is 6.76. The predicted molar refractivity (Wildman–Crippen MR) is 81.3 cm³/mol. The summed E-state index contributed by atoms with van der Waals surface area (Å²) in [5.74, 6) is 0.912. The highest BCUT2D eigenvalue weighted by atomic mass is 32.2. The maximum atomic E-state index is 11.9.